The van der Waals surface area contributed by atoms with Crippen molar-refractivity contribution in [1.82, 2.24) is 0 Å². The average molecular weight is 499 g/mol. The predicted molar refractivity (Wildman–Crippen MR) is 144 cm³/mol. The average Bonchev–Trinajstić information content (AvgIpc) is 3.14. The van der Waals surface area contributed by atoms with Gasteiger partial charge in [-0.05, 0) is 79.4 Å². The molecule has 0 aromatic carbocycles. The van der Waals surface area contributed by atoms with Gasteiger partial charge in [0.1, 0.15) is 11.7 Å². The van der Waals surface area contributed by atoms with Crippen LogP contribution in [0.2, 0.25) is 0 Å². The van der Waals surface area contributed by atoms with Crippen LogP contribution in [0.3, 0.4) is 0 Å². The molecular weight excluding hydrogens is 448 g/mol. The van der Waals surface area contributed by atoms with Crippen molar-refractivity contribution in [2.24, 2.45) is 46.3 Å². The van der Waals surface area contributed by atoms with Crippen molar-refractivity contribution in [3.63, 3.8) is 0 Å². The van der Waals surface area contributed by atoms with Crippen LogP contribution < -0.4 is 0 Å². The summed E-state index contributed by atoms with van der Waals surface area (Å²) in [5.74, 6) is 3.20. The van der Waals surface area contributed by atoms with E-state index in [4.69, 9.17) is 9.47 Å². The number of hydrogen-bond donors (Lipinski definition) is 0. The van der Waals surface area contributed by atoms with Gasteiger partial charge in [0.25, 0.3) is 0 Å². The first-order chi connectivity index (χ1) is 16.8. The van der Waals surface area contributed by atoms with E-state index in [-0.39, 0.29) is 23.5 Å². The highest BCUT2D eigenvalue weighted by Gasteiger charge is 2.64. The number of rotatable bonds is 6. The van der Waals surface area contributed by atoms with E-state index in [1.54, 1.807) is 5.57 Å². The van der Waals surface area contributed by atoms with E-state index < -0.39 is 5.60 Å². The molecule has 202 valence electrons. The topological polar surface area (TPSA) is 52.6 Å². The second-order valence-electron chi connectivity index (χ2n) is 13.6. The first-order valence-corrected chi connectivity index (χ1v) is 14.6. The van der Waals surface area contributed by atoms with Crippen molar-refractivity contribution >= 4 is 11.9 Å². The smallest absolute Gasteiger partial charge is 0.303 e. The highest BCUT2D eigenvalue weighted by Crippen LogP contribution is 2.68. The number of ether oxygens (including phenoxy) is 2. The van der Waals surface area contributed by atoms with E-state index in [0.717, 1.165) is 25.7 Å². The number of hydrogen-bond acceptors (Lipinski definition) is 4. The van der Waals surface area contributed by atoms with E-state index in [0.29, 0.717) is 47.3 Å². The van der Waals surface area contributed by atoms with Crippen LogP contribution in [-0.2, 0) is 19.1 Å². The van der Waals surface area contributed by atoms with Gasteiger partial charge in [-0.15, -0.1) is 0 Å². The van der Waals surface area contributed by atoms with Crippen LogP contribution in [0.1, 0.15) is 107 Å². The molecule has 36 heavy (non-hydrogen) atoms. The standard InChI is InChI=1S/C32H50O4/c1-20(2)21(3)9-10-22(4)27-11-12-28-26-14-18-32(36-24(6)34)19-25(35-23(5)33)13-17-31(32,8)29(26)15-16-30(27,28)7/h9-10,14,20-22,25,27-29H,11-13,15-19H2,1-8H3/b10-9+/t21-,22+,25+,27-,28-,29+,30-,31+,32+/m0/s1. The van der Waals surface area contributed by atoms with Crippen molar-refractivity contribution in [3.8, 4) is 0 Å². The fourth-order valence-electron chi connectivity index (χ4n) is 8.87. The lowest BCUT2D eigenvalue weighted by atomic mass is 9.46. The Labute approximate surface area is 219 Å². The molecule has 0 amide bonds. The minimum atomic E-state index is -0.583. The summed E-state index contributed by atoms with van der Waals surface area (Å²) < 4.78 is 11.9. The molecule has 0 radical (unpaired) electrons. The first kappa shape index (κ1) is 27.5. The Morgan fingerprint density at radius 3 is 2.31 bits per heavy atom. The van der Waals surface area contributed by atoms with Crippen LogP contribution in [0.5, 0.6) is 0 Å². The van der Waals surface area contributed by atoms with Crippen LogP contribution in [0.15, 0.2) is 23.8 Å². The number of allylic oxidation sites excluding steroid dienone is 3. The van der Waals surface area contributed by atoms with E-state index in [2.05, 4.69) is 59.8 Å². The van der Waals surface area contributed by atoms with Gasteiger partial charge in [0, 0.05) is 32.1 Å². The van der Waals surface area contributed by atoms with Crippen molar-refractivity contribution in [2.75, 3.05) is 0 Å². The van der Waals surface area contributed by atoms with Gasteiger partial charge in [-0.3, -0.25) is 9.59 Å². The third kappa shape index (κ3) is 4.60. The molecule has 0 heterocycles. The SMILES string of the molecule is CC(=O)O[C@@H]1CC[C@]2(C)[C@@H]3CC[C@]4(C)[C@@H](CC[C@H]4[C@H](C)/C=C/[C@H](C)C(C)C)C3=CC[C@@]2(OC(C)=O)C1. The van der Waals surface area contributed by atoms with Crippen LogP contribution >= 0.6 is 0 Å². The van der Waals surface area contributed by atoms with Gasteiger partial charge in [0.05, 0.1) is 0 Å². The fourth-order valence-corrected chi connectivity index (χ4v) is 8.87. The third-order valence-electron chi connectivity index (χ3n) is 11.3. The predicted octanol–water partition coefficient (Wildman–Crippen LogP) is 7.67. The molecule has 0 aromatic rings. The number of fused-ring (bicyclic) bond motifs is 5. The Morgan fingerprint density at radius 2 is 1.67 bits per heavy atom. The minimum Gasteiger partial charge on any atom is -0.462 e. The van der Waals surface area contributed by atoms with Gasteiger partial charge < -0.3 is 9.47 Å². The van der Waals surface area contributed by atoms with Crippen LogP contribution in [0, 0.1) is 46.3 Å². The van der Waals surface area contributed by atoms with Crippen molar-refractivity contribution in [2.45, 2.75) is 118 Å². The van der Waals surface area contributed by atoms with Gasteiger partial charge in [-0.25, -0.2) is 0 Å². The zero-order valence-corrected chi connectivity index (χ0v) is 24.1. The Bertz CT molecular complexity index is 917. The van der Waals surface area contributed by atoms with Crippen LogP contribution in [0.4, 0.5) is 0 Å². The molecule has 0 unspecified atom stereocenters. The lowest BCUT2D eigenvalue weighted by molar-refractivity contribution is -0.209. The zero-order valence-electron chi connectivity index (χ0n) is 24.1. The normalized spacial score (nSPS) is 41.6. The quantitative estimate of drug-likeness (QED) is 0.278. The Kier molecular flexibility index (Phi) is 7.59. The molecule has 9 atom stereocenters. The molecule has 3 saturated carbocycles. The van der Waals surface area contributed by atoms with Crippen LogP contribution in [0.25, 0.3) is 0 Å². The number of carbonyl (C=O) groups excluding carboxylic acids is 2. The summed E-state index contributed by atoms with van der Waals surface area (Å²) in [6, 6.07) is 0. The fraction of sp³-hybridized carbons (Fsp3) is 0.812. The minimum absolute atomic E-state index is 0.114. The Hall–Kier alpha value is -1.58. The monoisotopic (exact) mass is 498 g/mol. The molecule has 0 spiro atoms. The van der Waals surface area contributed by atoms with E-state index in [9.17, 15) is 9.59 Å². The second kappa shape index (κ2) is 9.95. The maximum atomic E-state index is 12.3. The lowest BCUT2D eigenvalue weighted by Crippen LogP contribution is -2.61. The van der Waals surface area contributed by atoms with Crippen molar-refractivity contribution in [1.29, 1.82) is 0 Å². The first-order valence-electron chi connectivity index (χ1n) is 14.6. The van der Waals surface area contributed by atoms with Gasteiger partial charge in [-0.1, -0.05) is 65.3 Å². The van der Waals surface area contributed by atoms with Gasteiger partial charge in [0.2, 0.25) is 0 Å². The maximum Gasteiger partial charge on any atom is 0.303 e. The summed E-state index contributed by atoms with van der Waals surface area (Å²) in [6.45, 7) is 17.3. The number of carbonyl (C=O) groups is 2. The lowest BCUT2D eigenvalue weighted by Gasteiger charge is -2.62. The largest absolute Gasteiger partial charge is 0.462 e. The second-order valence-corrected chi connectivity index (χ2v) is 13.6. The number of esters is 2. The highest BCUT2D eigenvalue weighted by molar-refractivity contribution is 5.67. The van der Waals surface area contributed by atoms with Crippen LogP contribution in [-0.4, -0.2) is 23.6 Å². The van der Waals surface area contributed by atoms with E-state index >= 15 is 0 Å². The zero-order chi connectivity index (χ0) is 26.5. The molecule has 4 heteroatoms. The van der Waals surface area contributed by atoms with Crippen molar-refractivity contribution in [3.05, 3.63) is 23.8 Å². The molecule has 4 aliphatic rings. The molecule has 4 aliphatic carbocycles. The van der Waals surface area contributed by atoms with Gasteiger partial charge in [0.15, 0.2) is 0 Å². The van der Waals surface area contributed by atoms with Gasteiger partial charge >= 0.3 is 11.9 Å². The summed E-state index contributed by atoms with van der Waals surface area (Å²) >= 11 is 0. The van der Waals surface area contributed by atoms with Gasteiger partial charge in [-0.2, -0.15) is 0 Å². The Balaban J connectivity index is 1.61. The molecule has 0 aliphatic heterocycles. The summed E-state index contributed by atoms with van der Waals surface area (Å²) in [5, 5.41) is 0. The molecular formula is C32H50O4. The molecule has 4 nitrogen and oxygen atoms in total. The molecule has 4 rings (SSSR count). The summed E-state index contributed by atoms with van der Waals surface area (Å²) in [4.78, 5) is 24.1. The summed E-state index contributed by atoms with van der Waals surface area (Å²) in [6.07, 6.45) is 15.3. The van der Waals surface area contributed by atoms with Crippen molar-refractivity contribution < 1.29 is 19.1 Å². The molecule has 0 aromatic heterocycles. The summed E-state index contributed by atoms with van der Waals surface area (Å²) in [7, 11) is 0. The molecule has 0 saturated heterocycles. The summed E-state index contributed by atoms with van der Waals surface area (Å²) in [5.41, 5.74) is 1.28. The maximum absolute atomic E-state index is 12.3. The molecule has 3 fully saturated rings. The molecule has 0 bridgehead atoms. The third-order valence-corrected chi connectivity index (χ3v) is 11.3. The van der Waals surface area contributed by atoms with E-state index in [1.807, 2.05) is 0 Å². The Morgan fingerprint density at radius 1 is 0.944 bits per heavy atom. The highest BCUT2D eigenvalue weighted by atomic mass is 16.6. The molecule has 0 N–H and O–H groups in total. The van der Waals surface area contributed by atoms with E-state index in [1.165, 1.54) is 33.1 Å².